The van der Waals surface area contributed by atoms with Crippen LogP contribution < -0.4 is 19.8 Å². The van der Waals surface area contributed by atoms with Crippen molar-refractivity contribution in [3.05, 3.63) is 110 Å². The highest BCUT2D eigenvalue weighted by Gasteiger charge is 2.33. The number of rotatable bonds is 10. The maximum atomic E-state index is 14.0. The van der Waals surface area contributed by atoms with Gasteiger partial charge in [-0.15, -0.1) is 11.3 Å². The molecule has 3 heterocycles. The number of hydrogen-bond acceptors (Lipinski definition) is 9. The number of benzene rings is 3. The van der Waals surface area contributed by atoms with Gasteiger partial charge in [0.25, 0.3) is 5.56 Å². The molecule has 3 aromatic heterocycles. The molecule has 0 amide bonds. The lowest BCUT2D eigenvalue weighted by Gasteiger charge is -2.19. The summed E-state index contributed by atoms with van der Waals surface area (Å²) in [6.07, 6.45) is -4.69. The van der Waals surface area contributed by atoms with Crippen molar-refractivity contribution in [2.24, 2.45) is 0 Å². The molecule has 276 valence electrons. The zero-order valence-corrected chi connectivity index (χ0v) is 31.3. The van der Waals surface area contributed by atoms with Crippen LogP contribution in [-0.2, 0) is 24.1 Å². The van der Waals surface area contributed by atoms with Gasteiger partial charge in [-0.1, -0.05) is 23.7 Å². The summed E-state index contributed by atoms with van der Waals surface area (Å²) in [6, 6.07) is 15.5. The summed E-state index contributed by atoms with van der Waals surface area (Å²) >= 11 is 7.80. The fourth-order valence-electron chi connectivity index (χ4n) is 5.74. The highest BCUT2D eigenvalue weighted by Crippen LogP contribution is 2.41. The predicted molar refractivity (Wildman–Crippen MR) is 199 cm³/mol. The highest BCUT2D eigenvalue weighted by molar-refractivity contribution is 7.18. The van der Waals surface area contributed by atoms with Gasteiger partial charge in [0.1, 0.15) is 47.3 Å². The molecule has 0 spiro atoms. The molecule has 0 unspecified atom stereocenters. The second-order valence-electron chi connectivity index (χ2n) is 13.2. The number of carbonyl (C=O) groups is 1. The van der Waals surface area contributed by atoms with Crippen molar-refractivity contribution in [2.45, 2.75) is 59.5 Å². The third-order valence-electron chi connectivity index (χ3n) is 8.17. The minimum absolute atomic E-state index is 0.00789. The number of methoxy groups -OCH3 is 1. The van der Waals surface area contributed by atoms with Crippen molar-refractivity contribution in [3.8, 4) is 28.4 Å². The number of hydrogen-bond donors (Lipinski definition) is 0. The van der Waals surface area contributed by atoms with Gasteiger partial charge in [0.05, 0.1) is 40.5 Å². The standard InChI is InChI=1S/C39H35ClF3N3O6S/c1-21-15-28(35-34(44-21)29(20-53-35)37(48)52-38(3,4)5)27-18-25(40)9-12-31(27)50-14-13-46-22(2)45-30-16-24(39(41,42)43)17-32(33(30)36(46)47)51-19-23-7-10-26(49-6)11-8-23/h7-12,15-18,20H,13-14,19H2,1-6H3. The van der Waals surface area contributed by atoms with Crippen LogP contribution in [0.5, 0.6) is 17.2 Å². The van der Waals surface area contributed by atoms with E-state index in [0.29, 0.717) is 44.4 Å². The third kappa shape index (κ3) is 8.26. The second-order valence-corrected chi connectivity index (χ2v) is 14.6. The van der Waals surface area contributed by atoms with Crippen LogP contribution in [0.15, 0.2) is 70.8 Å². The third-order valence-corrected chi connectivity index (χ3v) is 9.41. The smallest absolute Gasteiger partial charge is 0.416 e. The van der Waals surface area contributed by atoms with Crippen LogP contribution in [0.25, 0.3) is 32.2 Å². The van der Waals surface area contributed by atoms with Gasteiger partial charge in [-0.2, -0.15) is 13.2 Å². The van der Waals surface area contributed by atoms with Crippen molar-refractivity contribution < 1.29 is 36.9 Å². The van der Waals surface area contributed by atoms with E-state index in [4.69, 9.17) is 30.5 Å². The summed E-state index contributed by atoms with van der Waals surface area (Å²) in [5, 5.41) is 2.08. The minimum Gasteiger partial charge on any atom is -0.497 e. The molecule has 0 N–H and O–H groups in total. The molecule has 6 aromatic rings. The summed E-state index contributed by atoms with van der Waals surface area (Å²) in [6.45, 7) is 8.66. The fraction of sp³-hybridized carbons (Fsp3) is 0.282. The first-order valence-corrected chi connectivity index (χ1v) is 17.7. The predicted octanol–water partition coefficient (Wildman–Crippen LogP) is 9.58. The zero-order chi connectivity index (χ0) is 38.2. The first kappa shape index (κ1) is 37.6. The second kappa shape index (κ2) is 14.7. The molecule has 0 aliphatic carbocycles. The Morgan fingerprint density at radius 2 is 1.66 bits per heavy atom. The van der Waals surface area contributed by atoms with E-state index >= 15 is 0 Å². The number of aromatic nitrogens is 3. The van der Waals surface area contributed by atoms with E-state index in [1.54, 1.807) is 75.5 Å². The van der Waals surface area contributed by atoms with Gasteiger partial charge in [0, 0.05) is 27.2 Å². The van der Waals surface area contributed by atoms with Gasteiger partial charge in [0.2, 0.25) is 0 Å². The van der Waals surface area contributed by atoms with E-state index in [1.807, 2.05) is 13.0 Å². The Balaban J connectivity index is 1.32. The number of aryl methyl sites for hydroxylation is 2. The van der Waals surface area contributed by atoms with Crippen LogP contribution in [0.2, 0.25) is 5.02 Å². The van der Waals surface area contributed by atoms with E-state index in [2.05, 4.69) is 9.97 Å². The van der Waals surface area contributed by atoms with Crippen LogP contribution in [0.1, 0.15) is 53.8 Å². The maximum absolute atomic E-state index is 14.0. The van der Waals surface area contributed by atoms with E-state index in [0.717, 1.165) is 22.4 Å². The van der Waals surface area contributed by atoms with Crippen molar-refractivity contribution in [3.63, 3.8) is 0 Å². The molecule has 0 radical (unpaired) electrons. The summed E-state index contributed by atoms with van der Waals surface area (Å²) < 4.78 is 66.7. The van der Waals surface area contributed by atoms with Gasteiger partial charge in [-0.25, -0.2) is 9.78 Å². The molecule has 3 aromatic carbocycles. The number of nitrogens with zero attached hydrogens (tertiary/aromatic N) is 3. The summed E-state index contributed by atoms with van der Waals surface area (Å²) in [5.41, 5.74) is 1.15. The Kier molecular flexibility index (Phi) is 10.4. The Labute approximate surface area is 311 Å². The largest absolute Gasteiger partial charge is 0.497 e. The Morgan fingerprint density at radius 3 is 2.34 bits per heavy atom. The molecule has 14 heteroatoms. The van der Waals surface area contributed by atoms with E-state index in [9.17, 15) is 22.8 Å². The normalized spacial score (nSPS) is 12.0. The average Bonchev–Trinajstić information content (AvgIpc) is 3.51. The Hall–Kier alpha value is -5.14. The summed E-state index contributed by atoms with van der Waals surface area (Å²) in [4.78, 5) is 36.0. The number of alkyl halides is 3. The number of fused-ring (bicyclic) bond motifs is 2. The van der Waals surface area contributed by atoms with Crippen molar-refractivity contribution >= 4 is 50.0 Å². The van der Waals surface area contributed by atoms with Crippen LogP contribution >= 0.6 is 22.9 Å². The number of carbonyl (C=O) groups excluding carboxylic acids is 1. The Morgan fingerprint density at radius 1 is 0.925 bits per heavy atom. The van der Waals surface area contributed by atoms with Gasteiger partial charge < -0.3 is 18.9 Å². The molecule has 6 rings (SSSR count). The molecular weight excluding hydrogens is 731 g/mol. The quantitative estimate of drug-likeness (QED) is 0.127. The van der Waals surface area contributed by atoms with Crippen LogP contribution in [0.3, 0.4) is 0 Å². The summed E-state index contributed by atoms with van der Waals surface area (Å²) in [5.74, 6) is 0.534. The molecular formula is C39H35ClF3N3O6S. The van der Waals surface area contributed by atoms with Gasteiger partial charge in [-0.05, 0) is 88.7 Å². The first-order valence-electron chi connectivity index (χ1n) is 16.5. The molecule has 0 bridgehead atoms. The van der Waals surface area contributed by atoms with Crippen LogP contribution in [0, 0.1) is 13.8 Å². The van der Waals surface area contributed by atoms with Crippen molar-refractivity contribution in [1.29, 1.82) is 0 Å². The lowest BCUT2D eigenvalue weighted by molar-refractivity contribution is -0.137. The fourth-order valence-corrected chi connectivity index (χ4v) is 6.92. The molecule has 0 aliphatic heterocycles. The van der Waals surface area contributed by atoms with E-state index in [-0.39, 0.29) is 42.2 Å². The maximum Gasteiger partial charge on any atom is 0.416 e. The van der Waals surface area contributed by atoms with Gasteiger partial charge in [0.15, 0.2) is 0 Å². The topological polar surface area (TPSA) is 102 Å². The zero-order valence-electron chi connectivity index (χ0n) is 29.7. The van der Waals surface area contributed by atoms with Crippen LogP contribution in [-0.4, -0.2) is 39.8 Å². The number of thiophene rings is 1. The highest BCUT2D eigenvalue weighted by atomic mass is 35.5. The van der Waals surface area contributed by atoms with Crippen LogP contribution in [0.4, 0.5) is 13.2 Å². The lowest BCUT2D eigenvalue weighted by atomic mass is 10.0. The van der Waals surface area contributed by atoms with E-state index < -0.39 is 28.9 Å². The molecule has 9 nitrogen and oxygen atoms in total. The molecule has 0 saturated heterocycles. The summed E-state index contributed by atoms with van der Waals surface area (Å²) in [7, 11) is 1.52. The molecule has 53 heavy (non-hydrogen) atoms. The molecule has 0 aliphatic rings. The Bertz CT molecular complexity index is 2400. The monoisotopic (exact) mass is 765 g/mol. The van der Waals surface area contributed by atoms with E-state index in [1.165, 1.54) is 23.0 Å². The SMILES string of the molecule is COc1ccc(COc2cc(C(F)(F)F)cc3nc(C)n(CCOc4ccc(Cl)cc4-c4cc(C)nc5c(C(=O)OC(C)(C)C)csc45)c(=O)c23)cc1. The van der Waals surface area contributed by atoms with Crippen molar-refractivity contribution in [1.82, 2.24) is 14.5 Å². The number of pyridine rings is 1. The number of ether oxygens (including phenoxy) is 4. The van der Waals surface area contributed by atoms with Crippen molar-refractivity contribution in [2.75, 3.05) is 13.7 Å². The number of halogens is 4. The lowest BCUT2D eigenvalue weighted by Crippen LogP contribution is -2.27. The van der Waals surface area contributed by atoms with Gasteiger partial charge >= 0.3 is 12.1 Å². The molecule has 0 atom stereocenters. The molecule has 0 saturated carbocycles. The first-order chi connectivity index (χ1) is 25.0. The average molecular weight is 766 g/mol. The van der Waals surface area contributed by atoms with Gasteiger partial charge in [-0.3, -0.25) is 14.3 Å². The minimum atomic E-state index is -4.69. The number of esters is 1. The molecule has 0 fully saturated rings.